The summed E-state index contributed by atoms with van der Waals surface area (Å²) < 4.78 is 19.3. The summed E-state index contributed by atoms with van der Waals surface area (Å²) in [5.41, 5.74) is 6.21. The van der Waals surface area contributed by atoms with Crippen LogP contribution in [0, 0.1) is 5.82 Å². The van der Waals surface area contributed by atoms with E-state index in [9.17, 15) is 4.39 Å². The lowest BCUT2D eigenvalue weighted by molar-refractivity contribution is 0.367. The Hall–Kier alpha value is -0.800. The minimum absolute atomic E-state index is 0.201. The lowest BCUT2D eigenvalue weighted by Crippen LogP contribution is -2.33. The van der Waals surface area contributed by atoms with Crippen molar-refractivity contribution in [3.63, 3.8) is 0 Å². The molecule has 2 nitrogen and oxygen atoms in total. The molecule has 1 aliphatic carbocycles. The molecule has 0 spiro atoms. The Balaban J connectivity index is 2.53. The van der Waals surface area contributed by atoms with Crippen LogP contribution in [-0.4, -0.2) is 13.7 Å². The molecule has 1 fully saturated rings. The van der Waals surface area contributed by atoms with Gasteiger partial charge in [0.1, 0.15) is 0 Å². The van der Waals surface area contributed by atoms with Crippen molar-refractivity contribution in [1.82, 2.24) is 0 Å². The molecule has 1 aliphatic rings. The number of rotatable bonds is 3. The van der Waals surface area contributed by atoms with Crippen LogP contribution < -0.4 is 10.5 Å². The molecular formula is C13H17ClFNO. The van der Waals surface area contributed by atoms with Gasteiger partial charge >= 0.3 is 0 Å². The highest BCUT2D eigenvalue weighted by Gasteiger charge is 2.37. The molecule has 0 bridgehead atoms. The van der Waals surface area contributed by atoms with Gasteiger partial charge in [-0.25, -0.2) is 4.39 Å². The molecule has 2 rings (SSSR count). The number of hydrogen-bond acceptors (Lipinski definition) is 2. The number of benzene rings is 1. The third-order valence-electron chi connectivity index (χ3n) is 3.75. The fraction of sp³-hybridized carbons (Fsp3) is 0.538. The molecule has 0 amide bonds. The Labute approximate surface area is 106 Å². The maximum atomic E-state index is 14.3. The molecule has 1 aromatic carbocycles. The molecule has 0 heterocycles. The second-order valence-electron chi connectivity index (χ2n) is 4.66. The number of nitrogens with two attached hydrogens (primary N) is 1. The van der Waals surface area contributed by atoms with Crippen LogP contribution in [-0.2, 0) is 5.41 Å². The van der Waals surface area contributed by atoms with Crippen LogP contribution in [0.25, 0.3) is 0 Å². The largest absolute Gasteiger partial charge is 0.494 e. The lowest BCUT2D eigenvalue weighted by atomic mass is 9.78. The molecule has 0 unspecified atom stereocenters. The third kappa shape index (κ3) is 2.14. The first kappa shape index (κ1) is 12.7. The second-order valence-corrected chi connectivity index (χ2v) is 5.10. The molecule has 0 saturated heterocycles. The predicted molar refractivity (Wildman–Crippen MR) is 67.2 cm³/mol. The van der Waals surface area contributed by atoms with Crippen LogP contribution in [0.5, 0.6) is 5.75 Å². The summed E-state index contributed by atoms with van der Waals surface area (Å²) in [7, 11) is 1.45. The summed E-state index contributed by atoms with van der Waals surface area (Å²) in [6.07, 6.45) is 4.02. The van der Waals surface area contributed by atoms with Crippen molar-refractivity contribution in [1.29, 1.82) is 0 Å². The van der Waals surface area contributed by atoms with Gasteiger partial charge < -0.3 is 10.5 Å². The first-order valence-electron chi connectivity index (χ1n) is 5.86. The van der Waals surface area contributed by atoms with Crippen molar-refractivity contribution in [2.45, 2.75) is 31.1 Å². The highest BCUT2D eigenvalue weighted by Crippen LogP contribution is 2.43. The normalized spacial score (nSPS) is 18.4. The lowest BCUT2D eigenvalue weighted by Gasteiger charge is -2.29. The number of methoxy groups -OCH3 is 1. The van der Waals surface area contributed by atoms with E-state index in [2.05, 4.69) is 0 Å². The van der Waals surface area contributed by atoms with Gasteiger partial charge in [-0.2, -0.15) is 0 Å². The maximum Gasteiger partial charge on any atom is 0.168 e. The Morgan fingerprint density at radius 2 is 2.06 bits per heavy atom. The number of ether oxygens (including phenoxy) is 1. The van der Waals surface area contributed by atoms with Gasteiger partial charge in [-0.15, -0.1) is 0 Å². The minimum Gasteiger partial charge on any atom is -0.494 e. The van der Waals surface area contributed by atoms with E-state index >= 15 is 0 Å². The fourth-order valence-corrected chi connectivity index (χ4v) is 2.94. The van der Waals surface area contributed by atoms with Crippen molar-refractivity contribution in [2.24, 2.45) is 5.73 Å². The van der Waals surface area contributed by atoms with Gasteiger partial charge in [0.05, 0.1) is 7.11 Å². The second kappa shape index (κ2) is 4.83. The first-order valence-corrected chi connectivity index (χ1v) is 6.24. The highest BCUT2D eigenvalue weighted by molar-refractivity contribution is 6.30. The van der Waals surface area contributed by atoms with E-state index in [1.165, 1.54) is 13.2 Å². The summed E-state index contributed by atoms with van der Waals surface area (Å²) in [5.74, 6) is -0.114. The zero-order valence-corrected chi connectivity index (χ0v) is 10.7. The van der Waals surface area contributed by atoms with Crippen LogP contribution in [0.15, 0.2) is 12.1 Å². The topological polar surface area (TPSA) is 35.2 Å². The smallest absolute Gasteiger partial charge is 0.168 e. The van der Waals surface area contributed by atoms with E-state index in [0.29, 0.717) is 17.1 Å². The van der Waals surface area contributed by atoms with Crippen molar-refractivity contribution in [3.8, 4) is 5.75 Å². The molecule has 0 atom stereocenters. The zero-order chi connectivity index (χ0) is 12.5. The van der Waals surface area contributed by atoms with Gasteiger partial charge in [-0.1, -0.05) is 24.4 Å². The van der Waals surface area contributed by atoms with Gasteiger partial charge in [0.15, 0.2) is 11.6 Å². The van der Waals surface area contributed by atoms with Gasteiger partial charge in [0.25, 0.3) is 0 Å². The van der Waals surface area contributed by atoms with E-state index in [1.807, 2.05) is 0 Å². The Bertz CT molecular complexity index is 416. The predicted octanol–water partition coefficient (Wildman–Crippen LogP) is 3.26. The molecule has 4 heteroatoms. The van der Waals surface area contributed by atoms with Gasteiger partial charge in [0, 0.05) is 28.6 Å². The van der Waals surface area contributed by atoms with Crippen molar-refractivity contribution in [2.75, 3.05) is 13.7 Å². The van der Waals surface area contributed by atoms with Crippen LogP contribution in [0.4, 0.5) is 4.39 Å². The van der Waals surface area contributed by atoms with Gasteiger partial charge in [-0.3, -0.25) is 0 Å². The molecule has 2 N–H and O–H groups in total. The van der Waals surface area contributed by atoms with Crippen LogP contribution in [0.3, 0.4) is 0 Å². The average molecular weight is 258 g/mol. The first-order chi connectivity index (χ1) is 8.13. The van der Waals surface area contributed by atoms with Crippen LogP contribution in [0.2, 0.25) is 5.02 Å². The molecule has 0 aromatic heterocycles. The van der Waals surface area contributed by atoms with Crippen LogP contribution in [0.1, 0.15) is 31.2 Å². The SMILES string of the molecule is COc1cc(Cl)cc(C2(CN)CCCC2)c1F. The van der Waals surface area contributed by atoms with E-state index in [1.54, 1.807) is 6.07 Å². The molecular weight excluding hydrogens is 241 g/mol. The Morgan fingerprint density at radius 1 is 1.41 bits per heavy atom. The van der Waals surface area contributed by atoms with Crippen LogP contribution >= 0.6 is 11.6 Å². The summed E-state index contributed by atoms with van der Waals surface area (Å²) >= 11 is 6.01. The molecule has 1 saturated carbocycles. The molecule has 17 heavy (non-hydrogen) atoms. The molecule has 94 valence electrons. The van der Waals surface area contributed by atoms with E-state index < -0.39 is 0 Å². The molecule has 0 radical (unpaired) electrons. The number of hydrogen-bond donors (Lipinski definition) is 1. The summed E-state index contributed by atoms with van der Waals surface area (Å²) in [6.45, 7) is 0.452. The monoisotopic (exact) mass is 257 g/mol. The third-order valence-corrected chi connectivity index (χ3v) is 3.96. The fourth-order valence-electron chi connectivity index (χ4n) is 2.73. The van der Waals surface area contributed by atoms with Gasteiger partial charge in [0.2, 0.25) is 0 Å². The summed E-state index contributed by atoms with van der Waals surface area (Å²) in [4.78, 5) is 0. The molecule has 0 aliphatic heterocycles. The highest BCUT2D eigenvalue weighted by atomic mass is 35.5. The Kier molecular flexibility index (Phi) is 3.59. The number of halogens is 2. The Morgan fingerprint density at radius 3 is 2.59 bits per heavy atom. The summed E-state index contributed by atoms with van der Waals surface area (Å²) in [6, 6.07) is 3.19. The zero-order valence-electron chi connectivity index (χ0n) is 9.93. The standard InChI is InChI=1S/C13H17ClFNO/c1-17-11-7-9(14)6-10(12(11)15)13(8-16)4-2-3-5-13/h6-7H,2-5,8,16H2,1H3. The average Bonchev–Trinajstić information content (AvgIpc) is 2.81. The van der Waals surface area contributed by atoms with Gasteiger partial charge in [-0.05, 0) is 18.9 Å². The molecule has 1 aromatic rings. The van der Waals surface area contributed by atoms with Crippen molar-refractivity contribution < 1.29 is 9.13 Å². The maximum absolute atomic E-state index is 14.3. The quantitative estimate of drug-likeness (QED) is 0.902. The summed E-state index contributed by atoms with van der Waals surface area (Å²) in [5, 5.41) is 0.498. The minimum atomic E-state index is -0.316. The van der Waals surface area contributed by atoms with E-state index in [0.717, 1.165) is 25.7 Å². The van der Waals surface area contributed by atoms with Crippen molar-refractivity contribution >= 4 is 11.6 Å². The van der Waals surface area contributed by atoms with E-state index in [-0.39, 0.29) is 17.0 Å². The van der Waals surface area contributed by atoms with E-state index in [4.69, 9.17) is 22.1 Å². The van der Waals surface area contributed by atoms with Crippen molar-refractivity contribution in [3.05, 3.63) is 28.5 Å².